The van der Waals surface area contributed by atoms with E-state index >= 15 is 0 Å². The van der Waals surface area contributed by atoms with E-state index in [-0.39, 0.29) is 11.8 Å². The van der Waals surface area contributed by atoms with Crippen LogP contribution < -0.4 is 5.32 Å². The van der Waals surface area contributed by atoms with Gasteiger partial charge in [0.2, 0.25) is 5.91 Å². The van der Waals surface area contributed by atoms with Crippen molar-refractivity contribution in [1.82, 2.24) is 14.8 Å². The van der Waals surface area contributed by atoms with E-state index in [0.717, 1.165) is 22.9 Å². The molecule has 0 saturated heterocycles. The predicted molar refractivity (Wildman–Crippen MR) is 129 cm³/mol. The molecular weight excluding hydrogens is 422 g/mol. The SMILES string of the molecule is CC(C)CCNC(=O)[C@@]1(C)Cn2c(cc3ccccc32)C(=O)N1CCc1ccccc1Cl. The monoisotopic (exact) mass is 451 g/mol. The number of benzene rings is 2. The molecule has 32 heavy (non-hydrogen) atoms. The van der Waals surface area contributed by atoms with Crippen molar-refractivity contribution in [2.75, 3.05) is 13.1 Å². The molecular formula is C26H30ClN3O2. The fraction of sp³-hybridized carbons (Fsp3) is 0.385. The summed E-state index contributed by atoms with van der Waals surface area (Å²) in [6.07, 6.45) is 1.48. The molecule has 0 aliphatic carbocycles. The van der Waals surface area contributed by atoms with Gasteiger partial charge in [0.15, 0.2) is 0 Å². The number of hydrogen-bond acceptors (Lipinski definition) is 2. The van der Waals surface area contributed by atoms with Crippen LogP contribution in [0, 0.1) is 5.92 Å². The summed E-state index contributed by atoms with van der Waals surface area (Å²) in [4.78, 5) is 28.9. The van der Waals surface area contributed by atoms with Crippen molar-refractivity contribution in [2.45, 2.75) is 45.7 Å². The number of carbonyl (C=O) groups excluding carboxylic acids is 2. The molecule has 2 aromatic carbocycles. The van der Waals surface area contributed by atoms with Crippen LogP contribution in [-0.2, 0) is 17.8 Å². The lowest BCUT2D eigenvalue weighted by molar-refractivity contribution is -0.132. The van der Waals surface area contributed by atoms with E-state index in [1.165, 1.54) is 0 Å². The number of halogens is 1. The first-order valence-corrected chi connectivity index (χ1v) is 11.6. The third kappa shape index (κ3) is 4.14. The van der Waals surface area contributed by atoms with Gasteiger partial charge in [-0.15, -0.1) is 0 Å². The van der Waals surface area contributed by atoms with Gasteiger partial charge in [0, 0.05) is 29.0 Å². The van der Waals surface area contributed by atoms with Gasteiger partial charge in [0.05, 0.1) is 6.54 Å². The quantitative estimate of drug-likeness (QED) is 0.554. The van der Waals surface area contributed by atoms with Crippen LogP contribution in [0.25, 0.3) is 10.9 Å². The number of hydrogen-bond donors (Lipinski definition) is 1. The molecule has 4 rings (SSSR count). The Kier molecular flexibility index (Phi) is 6.29. The average Bonchev–Trinajstić information content (AvgIpc) is 3.13. The molecule has 0 radical (unpaired) electrons. The number of para-hydroxylation sites is 1. The van der Waals surface area contributed by atoms with Gasteiger partial charge in [0.1, 0.15) is 11.2 Å². The average molecular weight is 452 g/mol. The van der Waals surface area contributed by atoms with Crippen molar-refractivity contribution in [3.63, 3.8) is 0 Å². The molecule has 0 saturated carbocycles. The van der Waals surface area contributed by atoms with Crippen molar-refractivity contribution in [3.8, 4) is 0 Å². The number of amides is 2. The van der Waals surface area contributed by atoms with E-state index in [1.54, 1.807) is 4.90 Å². The lowest BCUT2D eigenvalue weighted by Gasteiger charge is -2.44. The third-order valence-electron chi connectivity index (χ3n) is 6.40. The Morgan fingerprint density at radius 2 is 1.88 bits per heavy atom. The largest absolute Gasteiger partial charge is 0.354 e. The molecule has 1 aliphatic rings. The highest BCUT2D eigenvalue weighted by Gasteiger charge is 2.47. The Hall–Kier alpha value is -2.79. The smallest absolute Gasteiger partial charge is 0.271 e. The number of nitrogens with one attached hydrogen (secondary N) is 1. The van der Waals surface area contributed by atoms with E-state index in [2.05, 4.69) is 19.2 Å². The first kappa shape index (κ1) is 22.4. The molecule has 168 valence electrons. The highest BCUT2D eigenvalue weighted by Crippen LogP contribution is 2.32. The number of carbonyl (C=O) groups is 2. The maximum absolute atomic E-state index is 13.7. The van der Waals surface area contributed by atoms with E-state index in [9.17, 15) is 9.59 Å². The zero-order valence-corrected chi connectivity index (χ0v) is 19.7. The van der Waals surface area contributed by atoms with Gasteiger partial charge in [-0.05, 0) is 49.4 Å². The van der Waals surface area contributed by atoms with Crippen molar-refractivity contribution < 1.29 is 9.59 Å². The minimum Gasteiger partial charge on any atom is -0.354 e. The molecule has 0 fully saturated rings. The summed E-state index contributed by atoms with van der Waals surface area (Å²) in [5.41, 5.74) is 1.57. The molecule has 2 heterocycles. The zero-order chi connectivity index (χ0) is 22.9. The molecule has 1 N–H and O–H groups in total. The summed E-state index contributed by atoms with van der Waals surface area (Å²) >= 11 is 6.36. The zero-order valence-electron chi connectivity index (χ0n) is 18.9. The molecule has 2 amide bonds. The number of aromatic nitrogens is 1. The van der Waals surface area contributed by atoms with Crippen LogP contribution in [0.2, 0.25) is 5.02 Å². The van der Waals surface area contributed by atoms with Crippen molar-refractivity contribution >= 4 is 34.3 Å². The molecule has 0 unspecified atom stereocenters. The van der Waals surface area contributed by atoms with Crippen LogP contribution in [-0.4, -0.2) is 39.9 Å². The van der Waals surface area contributed by atoms with Gasteiger partial charge >= 0.3 is 0 Å². The summed E-state index contributed by atoms with van der Waals surface area (Å²) in [5.74, 6) is 0.252. The van der Waals surface area contributed by atoms with Crippen LogP contribution in [0.15, 0.2) is 54.6 Å². The molecule has 3 aromatic rings. The Morgan fingerprint density at radius 1 is 1.16 bits per heavy atom. The second kappa shape index (κ2) is 8.99. The summed E-state index contributed by atoms with van der Waals surface area (Å²) in [5, 5.41) is 4.76. The fourth-order valence-corrected chi connectivity index (χ4v) is 4.68. The minimum atomic E-state index is -0.996. The van der Waals surface area contributed by atoms with E-state index in [4.69, 9.17) is 11.6 Å². The molecule has 1 atom stereocenters. The maximum atomic E-state index is 13.7. The van der Waals surface area contributed by atoms with Crippen LogP contribution in [0.1, 0.15) is 43.2 Å². The topological polar surface area (TPSA) is 54.3 Å². The van der Waals surface area contributed by atoms with Gasteiger partial charge in [0.25, 0.3) is 5.91 Å². The summed E-state index contributed by atoms with van der Waals surface area (Å²) in [6, 6.07) is 17.5. The highest BCUT2D eigenvalue weighted by molar-refractivity contribution is 6.31. The minimum absolute atomic E-state index is 0.117. The van der Waals surface area contributed by atoms with Crippen LogP contribution in [0.4, 0.5) is 0 Å². The second-order valence-electron chi connectivity index (χ2n) is 9.19. The predicted octanol–water partition coefficient (Wildman–Crippen LogP) is 4.91. The molecule has 0 bridgehead atoms. The van der Waals surface area contributed by atoms with E-state index in [1.807, 2.05) is 66.1 Å². The highest BCUT2D eigenvalue weighted by atomic mass is 35.5. The Bertz CT molecular complexity index is 1150. The number of fused-ring (bicyclic) bond motifs is 3. The number of nitrogens with zero attached hydrogens (tertiary/aromatic N) is 2. The normalized spacial score (nSPS) is 18.3. The first-order chi connectivity index (χ1) is 15.3. The summed E-state index contributed by atoms with van der Waals surface area (Å²) in [7, 11) is 0. The Balaban J connectivity index is 1.69. The second-order valence-corrected chi connectivity index (χ2v) is 9.59. The Morgan fingerprint density at radius 3 is 2.62 bits per heavy atom. The lowest BCUT2D eigenvalue weighted by Crippen LogP contribution is -2.64. The Labute approximate surface area is 194 Å². The first-order valence-electron chi connectivity index (χ1n) is 11.2. The van der Waals surface area contributed by atoms with Gasteiger partial charge in [-0.3, -0.25) is 9.59 Å². The third-order valence-corrected chi connectivity index (χ3v) is 6.76. The van der Waals surface area contributed by atoms with Gasteiger partial charge in [-0.1, -0.05) is 61.8 Å². The van der Waals surface area contributed by atoms with Crippen molar-refractivity contribution in [1.29, 1.82) is 0 Å². The van der Waals surface area contributed by atoms with E-state index in [0.29, 0.717) is 42.7 Å². The van der Waals surface area contributed by atoms with Crippen LogP contribution >= 0.6 is 11.6 Å². The summed E-state index contributed by atoms with van der Waals surface area (Å²) < 4.78 is 1.99. The number of rotatable bonds is 7. The summed E-state index contributed by atoms with van der Waals surface area (Å²) in [6.45, 7) is 7.56. The standard InChI is InChI=1S/C26H30ClN3O2/c1-18(2)12-14-28-25(32)26(3)17-29-22-11-7-5-9-20(22)16-23(29)24(31)30(26)15-13-19-8-4-6-10-21(19)27/h4-11,16,18H,12-15,17H2,1-3H3,(H,28,32)/t26-/m1/s1. The molecule has 0 spiro atoms. The van der Waals surface area contributed by atoms with Crippen LogP contribution in [0.5, 0.6) is 0 Å². The van der Waals surface area contributed by atoms with Crippen LogP contribution in [0.3, 0.4) is 0 Å². The van der Waals surface area contributed by atoms with Gasteiger partial charge in [-0.25, -0.2) is 0 Å². The molecule has 5 nitrogen and oxygen atoms in total. The van der Waals surface area contributed by atoms with Gasteiger partial charge in [-0.2, -0.15) is 0 Å². The molecule has 1 aliphatic heterocycles. The van der Waals surface area contributed by atoms with Crippen molar-refractivity contribution in [2.24, 2.45) is 5.92 Å². The maximum Gasteiger partial charge on any atom is 0.271 e. The van der Waals surface area contributed by atoms with Crippen molar-refractivity contribution in [3.05, 3.63) is 70.9 Å². The fourth-order valence-electron chi connectivity index (χ4n) is 4.45. The lowest BCUT2D eigenvalue weighted by atomic mass is 9.93. The molecule has 1 aromatic heterocycles. The van der Waals surface area contributed by atoms with Gasteiger partial charge < -0.3 is 14.8 Å². The van der Waals surface area contributed by atoms with E-state index < -0.39 is 5.54 Å². The molecule has 6 heteroatoms.